The van der Waals surface area contributed by atoms with Crippen LogP contribution < -0.4 is 37.6 Å². The van der Waals surface area contributed by atoms with Gasteiger partial charge in [-0.15, -0.1) is 0 Å². The summed E-state index contributed by atoms with van der Waals surface area (Å²) in [5, 5.41) is 16.8. The lowest BCUT2D eigenvalue weighted by Crippen LogP contribution is -2.53. The number of piperidine rings is 3. The lowest BCUT2D eigenvalue weighted by atomic mass is 9.67. The first-order chi connectivity index (χ1) is 48.7. The molecule has 6 atom stereocenters. The van der Waals surface area contributed by atoms with Crippen molar-refractivity contribution in [3.63, 3.8) is 0 Å². The minimum Gasteiger partial charge on any atom is -0.444 e. The van der Waals surface area contributed by atoms with Crippen LogP contribution in [0.4, 0.5) is 44.1 Å². The quantitative estimate of drug-likeness (QED) is 0.0980. The third kappa shape index (κ3) is 29.3. The molecule has 0 spiro atoms. The van der Waals surface area contributed by atoms with E-state index in [2.05, 4.69) is 130 Å². The first-order valence-electron chi connectivity index (χ1n) is 39.2. The zero-order valence-corrected chi connectivity index (χ0v) is 68.1. The highest BCUT2D eigenvalue weighted by molar-refractivity contribution is 6.40. The number of ketones is 1. The van der Waals surface area contributed by atoms with E-state index in [9.17, 15) is 38.4 Å². The Balaban J connectivity index is 0.000000312. The molecule has 6 heterocycles. The number of nitrogens with two attached hydrogens (primary N) is 1. The fourth-order valence-electron chi connectivity index (χ4n) is 16.2. The molecule has 4 unspecified atom stereocenters. The summed E-state index contributed by atoms with van der Waals surface area (Å²) in [5.41, 5.74) is 9.05. The molecule has 602 valence electrons. The summed E-state index contributed by atoms with van der Waals surface area (Å²) >= 11 is 0. The lowest BCUT2D eigenvalue weighted by Gasteiger charge is -2.46. The first-order valence-corrected chi connectivity index (χ1v) is 39.2. The van der Waals surface area contributed by atoms with Crippen LogP contribution in [-0.4, -0.2) is 121 Å². The van der Waals surface area contributed by atoms with Crippen LogP contribution in [0, 0.1) is 90.3 Å². The van der Waals surface area contributed by atoms with Gasteiger partial charge in [0, 0.05) is 38.1 Å². The Hall–Kier alpha value is -7.23. The highest BCUT2D eigenvalue weighted by Crippen LogP contribution is 2.46. The van der Waals surface area contributed by atoms with E-state index in [0.29, 0.717) is 105 Å². The van der Waals surface area contributed by atoms with Gasteiger partial charge in [0.1, 0.15) is 28.7 Å². The number of carbonyl (C=O) groups is 8. The molecular weight excluding hydrogens is 1350 g/mol. The number of nitrogens with one attached hydrogen (secondary N) is 6. The van der Waals surface area contributed by atoms with Crippen LogP contribution in [0.15, 0.2) is 36.8 Å². The van der Waals surface area contributed by atoms with Crippen molar-refractivity contribution in [3.05, 3.63) is 53.5 Å². The van der Waals surface area contributed by atoms with E-state index in [1.54, 1.807) is 73.6 Å². The maximum Gasteiger partial charge on any atom is 0.413 e. The van der Waals surface area contributed by atoms with Gasteiger partial charge in [0.05, 0.1) is 35.7 Å². The zero-order valence-electron chi connectivity index (χ0n) is 68.1. The molecule has 9 rings (SSSR count). The van der Waals surface area contributed by atoms with Gasteiger partial charge >= 0.3 is 35.8 Å². The Morgan fingerprint density at radius 3 is 1.07 bits per heavy atom. The Morgan fingerprint density at radius 1 is 0.430 bits per heavy atom. The maximum atomic E-state index is 13.4. The monoisotopic (exact) mass is 1490 g/mol. The number of hydrogen-bond donors (Lipinski definition) is 7. The molecule has 8 N–H and O–H groups in total. The van der Waals surface area contributed by atoms with Crippen molar-refractivity contribution >= 4 is 82.0 Å². The second kappa shape index (κ2) is 39.9. The number of nitrogens with zero attached hydrogens (tertiary/aromatic N) is 5. The number of aromatic nitrogens is 3. The van der Waals surface area contributed by atoms with Crippen molar-refractivity contribution in [2.75, 3.05) is 52.0 Å². The summed E-state index contributed by atoms with van der Waals surface area (Å²) in [4.78, 5) is 114. The van der Waals surface area contributed by atoms with Gasteiger partial charge in [-0.25, -0.2) is 24.5 Å². The molecule has 0 aromatic carbocycles. The summed E-state index contributed by atoms with van der Waals surface area (Å²) in [5.74, 6) is 3.69. The third-order valence-electron chi connectivity index (χ3n) is 22.6. The number of carbonyl (C=O) groups excluding carboxylic acids is 8. The molecule has 3 aliphatic carbocycles. The van der Waals surface area contributed by atoms with Gasteiger partial charge in [-0.05, 0) is 289 Å². The molecule has 3 aliphatic heterocycles. The van der Waals surface area contributed by atoms with Gasteiger partial charge in [0.15, 0.2) is 0 Å². The van der Waals surface area contributed by atoms with Crippen molar-refractivity contribution in [1.29, 1.82) is 0 Å². The summed E-state index contributed by atoms with van der Waals surface area (Å²) in [6.07, 6.45) is 25.3. The highest BCUT2D eigenvalue weighted by atomic mass is 16.6. The smallest absolute Gasteiger partial charge is 0.413 e. The van der Waals surface area contributed by atoms with E-state index in [1.807, 2.05) is 16.7 Å². The minimum absolute atomic E-state index is 0. The number of ether oxygens (including phenoxy) is 2. The number of rotatable bonds is 9. The van der Waals surface area contributed by atoms with E-state index in [1.165, 1.54) is 96.3 Å². The molecule has 107 heavy (non-hydrogen) atoms. The van der Waals surface area contributed by atoms with Crippen molar-refractivity contribution < 1.29 is 47.8 Å². The standard InChI is InChI=1S/C29H46N4O4.C24H38N4O2.C16H31N.C14H19N3O4.2CH4/c1-18-9-14-23(20-10-12-21(13-11-20)28(3,4)5)33(17-18)26(35)25(34)31-22-15-19(2)24(30-16-22)32-27(36)37-29(6,7)8;1-15-6-11-20(17-7-9-18(10-8-17)24(3,4)5)28(14-15)23(30)22(29)27-19-12-16(2)21(25)26-13-19;1-12-5-10-15(17-11-12)13-6-8-14(9-7-13)16(2,3)4;1-8-6-10(16-12(19)9(2)18)7-15-11(8)17-13(20)21-14(3,4)5;;/h15-16,18,20-21,23H,9-14,17H2,1-8H3,(H,31,34)(H,30,32,36);12-13,15,17-18,20H,6-11,14H2,1-5H3,(H2,25,26)(H,27,29);12-15,17H,5-11H2,1-4H3;6-7H,1-5H3,(H,16,19)(H,15,17,20);2*1H4/t;15-,17?,18?,20+;;;;/m.0..../s1. The van der Waals surface area contributed by atoms with Gasteiger partial charge in [0.25, 0.3) is 5.91 Å². The number of amides is 7. The van der Waals surface area contributed by atoms with Crippen LogP contribution in [0.1, 0.15) is 279 Å². The van der Waals surface area contributed by atoms with Crippen molar-refractivity contribution in [1.82, 2.24) is 30.1 Å². The molecule has 3 aromatic rings. The van der Waals surface area contributed by atoms with E-state index in [0.717, 1.165) is 86.6 Å². The normalized spacial score (nSPS) is 24.8. The van der Waals surface area contributed by atoms with Crippen molar-refractivity contribution in [2.24, 2.45) is 69.5 Å². The number of anilines is 6. The fraction of sp³-hybridized carbons (Fsp3) is 0.729. The molecule has 6 aliphatic rings. The molecule has 0 radical (unpaired) electrons. The molecule has 3 aromatic heterocycles. The molecule has 22 nitrogen and oxygen atoms in total. The number of aryl methyl sites for hydroxylation is 3. The predicted molar refractivity (Wildman–Crippen MR) is 434 cm³/mol. The number of likely N-dealkylation sites (tertiary alicyclic amines) is 2. The highest BCUT2D eigenvalue weighted by Gasteiger charge is 2.43. The molecular formula is C85H142N12O10. The summed E-state index contributed by atoms with van der Waals surface area (Å²) in [7, 11) is 0. The summed E-state index contributed by atoms with van der Waals surface area (Å²) in [6, 6.07) is 6.17. The van der Waals surface area contributed by atoms with Gasteiger partial charge < -0.3 is 46.3 Å². The van der Waals surface area contributed by atoms with Crippen LogP contribution in [0.5, 0.6) is 0 Å². The average Bonchev–Trinajstić information content (AvgIpc) is 0.804. The van der Waals surface area contributed by atoms with E-state index in [4.69, 9.17) is 15.2 Å². The van der Waals surface area contributed by atoms with Crippen LogP contribution in [0.2, 0.25) is 0 Å². The molecule has 22 heteroatoms. The van der Waals surface area contributed by atoms with Crippen molar-refractivity contribution in [3.8, 4) is 0 Å². The van der Waals surface area contributed by atoms with E-state index in [-0.39, 0.29) is 26.9 Å². The Morgan fingerprint density at radius 2 is 0.757 bits per heavy atom. The lowest BCUT2D eigenvalue weighted by molar-refractivity contribution is -0.148. The second-order valence-corrected chi connectivity index (χ2v) is 36.9. The van der Waals surface area contributed by atoms with Gasteiger partial charge in [-0.1, -0.05) is 97.9 Å². The topological polar surface area (TPSA) is 298 Å². The molecule has 7 amide bonds. The van der Waals surface area contributed by atoms with Crippen LogP contribution >= 0.6 is 0 Å². The fourth-order valence-corrected chi connectivity index (χ4v) is 16.2. The summed E-state index contributed by atoms with van der Waals surface area (Å²) < 4.78 is 10.4. The average molecular weight is 1490 g/mol. The zero-order chi connectivity index (χ0) is 78.3. The third-order valence-corrected chi connectivity index (χ3v) is 22.6. The number of hydrogen-bond acceptors (Lipinski definition) is 15. The van der Waals surface area contributed by atoms with Gasteiger partial charge in [0.2, 0.25) is 5.78 Å². The summed E-state index contributed by atoms with van der Waals surface area (Å²) in [6.45, 7) is 47.5. The number of pyridine rings is 3. The molecule has 3 saturated heterocycles. The largest absolute Gasteiger partial charge is 0.444 e. The first kappa shape index (κ1) is 92.2. The second-order valence-electron chi connectivity index (χ2n) is 36.9. The Labute approximate surface area is 643 Å². The van der Waals surface area contributed by atoms with Gasteiger partial charge in [-0.3, -0.25) is 39.4 Å². The van der Waals surface area contributed by atoms with E-state index >= 15 is 0 Å². The Kier molecular flexibility index (Phi) is 34.4. The van der Waals surface area contributed by atoms with Crippen LogP contribution in [-0.2, 0) is 38.2 Å². The SMILES string of the molecule is C.C.CC(=O)C(=O)Nc1cnc(NC(=O)OC(C)(C)C)c(C)c1.CC1CCC(C2CCC(C(C)(C)C)CC2)NC1.Cc1cc(NC(=O)C(=O)N2CC(C)CCC2C2CCC(C(C)(C)C)CC2)cnc1NC(=O)OC(C)(C)C.Cc1cc(NC(=O)C(=O)N2C[C@@H](C)CC[C@@H]2C2CCC(C(C)(C)C)CC2)cnc1N. The molecule has 3 saturated carbocycles. The van der Waals surface area contributed by atoms with Crippen LogP contribution in [0.25, 0.3) is 0 Å². The maximum absolute atomic E-state index is 13.4. The predicted octanol–water partition coefficient (Wildman–Crippen LogP) is 18.3. The molecule has 0 bridgehead atoms. The minimum atomic E-state index is -0.718. The van der Waals surface area contributed by atoms with Gasteiger partial charge in [-0.2, -0.15) is 0 Å². The number of nitrogen functional groups attached to an aromatic ring is 1. The Bertz CT molecular complexity index is 3420. The number of Topliss-reactive ketones (excluding diaryl/α,β-unsaturated/α-hetero) is 1. The molecule has 6 fully saturated rings. The van der Waals surface area contributed by atoms with Crippen molar-refractivity contribution in [2.45, 2.75) is 312 Å². The van der Waals surface area contributed by atoms with Crippen LogP contribution in [0.3, 0.4) is 0 Å². The van der Waals surface area contributed by atoms with E-state index < -0.39 is 58.7 Å².